The van der Waals surface area contributed by atoms with E-state index < -0.39 is 5.92 Å². The molecule has 0 amide bonds. The summed E-state index contributed by atoms with van der Waals surface area (Å²) in [5, 5.41) is 12.4. The third kappa shape index (κ3) is 4.53. The number of hydrogen-bond acceptors (Lipinski definition) is 4. The number of nitrogens with zero attached hydrogens (tertiary/aromatic N) is 1. The van der Waals surface area contributed by atoms with E-state index in [9.17, 15) is 10.1 Å². The lowest BCUT2D eigenvalue weighted by molar-refractivity contribution is -0.481. The van der Waals surface area contributed by atoms with Crippen LogP contribution in [0.4, 0.5) is 0 Å². The summed E-state index contributed by atoms with van der Waals surface area (Å²) in [7, 11) is 1.58. The van der Waals surface area contributed by atoms with Gasteiger partial charge in [-0.3, -0.25) is 10.1 Å². The Morgan fingerprint density at radius 3 is 2.55 bits per heavy atom. The molecule has 31 heavy (non-hydrogen) atoms. The van der Waals surface area contributed by atoms with Crippen molar-refractivity contribution in [3.63, 3.8) is 0 Å². The van der Waals surface area contributed by atoms with Gasteiger partial charge < -0.3 is 14.5 Å². The van der Waals surface area contributed by atoms with Crippen molar-refractivity contribution in [1.29, 1.82) is 0 Å². The van der Waals surface area contributed by atoms with Gasteiger partial charge in [0.1, 0.15) is 6.61 Å². The lowest BCUT2D eigenvalue weighted by Crippen LogP contribution is -2.14. The molecule has 6 heteroatoms. The van der Waals surface area contributed by atoms with Crippen molar-refractivity contribution in [3.8, 4) is 11.5 Å². The molecule has 3 aromatic carbocycles. The molecule has 0 radical (unpaired) electrons. The summed E-state index contributed by atoms with van der Waals surface area (Å²) in [5.41, 5.74) is 4.90. The van der Waals surface area contributed by atoms with Crippen LogP contribution in [0.1, 0.15) is 28.2 Å². The first kappa shape index (κ1) is 20.5. The molecule has 0 aliphatic rings. The lowest BCUT2D eigenvalue weighted by Gasteiger charge is -2.17. The normalized spacial score (nSPS) is 11.9. The number of aromatic amines is 1. The number of benzene rings is 3. The fraction of sp³-hybridized carbons (Fsp3) is 0.200. The lowest BCUT2D eigenvalue weighted by atomic mass is 9.90. The number of aryl methyl sites for hydroxylation is 1. The number of methoxy groups -OCH3 is 1. The van der Waals surface area contributed by atoms with Gasteiger partial charge in [-0.2, -0.15) is 0 Å². The molecule has 0 saturated heterocycles. The number of hydrogen-bond donors (Lipinski definition) is 1. The monoisotopic (exact) mass is 416 g/mol. The molecule has 6 nitrogen and oxygen atoms in total. The number of fused-ring (bicyclic) bond motifs is 1. The standard InChI is InChI=1S/C25H24N2O4/c1-17-7-9-18(10-8-17)16-31-24-12-11-19(13-25(24)30-2)22(15-27(28)29)21-14-26-23-6-4-3-5-20(21)23/h3-14,22,26H,15-16H2,1-2H3/t22-/m0/s1. The number of H-pyrrole nitrogens is 1. The minimum absolute atomic E-state index is 0.214. The molecule has 4 rings (SSSR count). The molecule has 0 unspecified atom stereocenters. The molecule has 0 fully saturated rings. The Bertz CT molecular complexity index is 1200. The van der Waals surface area contributed by atoms with Crippen molar-refractivity contribution >= 4 is 10.9 Å². The molecule has 4 aromatic rings. The molecule has 1 atom stereocenters. The number of rotatable bonds is 8. The van der Waals surface area contributed by atoms with Gasteiger partial charge in [-0.05, 0) is 41.8 Å². The Balaban J connectivity index is 1.64. The van der Waals surface area contributed by atoms with Crippen molar-refractivity contribution in [3.05, 3.63) is 105 Å². The summed E-state index contributed by atoms with van der Waals surface area (Å²) < 4.78 is 11.5. The SMILES string of the molecule is COc1cc([C@H](C[N+](=O)[O-])c2c[nH]c3ccccc23)ccc1OCc1ccc(C)cc1. The van der Waals surface area contributed by atoms with Gasteiger partial charge in [0, 0.05) is 22.0 Å². The van der Waals surface area contributed by atoms with E-state index in [1.54, 1.807) is 7.11 Å². The molecule has 1 heterocycles. The fourth-order valence-corrected chi connectivity index (χ4v) is 3.78. The Kier molecular flexibility index (Phi) is 5.89. The van der Waals surface area contributed by atoms with Gasteiger partial charge in [-0.1, -0.05) is 54.1 Å². The first-order valence-corrected chi connectivity index (χ1v) is 10.1. The van der Waals surface area contributed by atoms with Crippen LogP contribution in [0.3, 0.4) is 0 Å². The number of aromatic nitrogens is 1. The highest BCUT2D eigenvalue weighted by Gasteiger charge is 2.24. The van der Waals surface area contributed by atoms with Crippen molar-refractivity contribution in [2.45, 2.75) is 19.4 Å². The summed E-state index contributed by atoms with van der Waals surface area (Å²) in [6.07, 6.45) is 1.85. The maximum atomic E-state index is 11.5. The molecule has 0 spiro atoms. The van der Waals surface area contributed by atoms with E-state index in [-0.39, 0.29) is 11.5 Å². The highest BCUT2D eigenvalue weighted by molar-refractivity contribution is 5.84. The average Bonchev–Trinajstić information content (AvgIpc) is 3.21. The van der Waals surface area contributed by atoms with Crippen molar-refractivity contribution in [2.75, 3.05) is 13.7 Å². The Morgan fingerprint density at radius 2 is 1.81 bits per heavy atom. The van der Waals surface area contributed by atoms with E-state index in [1.807, 2.05) is 79.9 Å². The Labute approximate surface area is 180 Å². The van der Waals surface area contributed by atoms with Crippen LogP contribution in [-0.4, -0.2) is 23.6 Å². The minimum Gasteiger partial charge on any atom is -0.493 e. The van der Waals surface area contributed by atoms with Gasteiger partial charge in [0.15, 0.2) is 11.5 Å². The largest absolute Gasteiger partial charge is 0.493 e. The third-order valence-electron chi connectivity index (χ3n) is 5.43. The second-order valence-electron chi connectivity index (χ2n) is 7.54. The quantitative estimate of drug-likeness (QED) is 0.305. The molecule has 1 N–H and O–H groups in total. The zero-order valence-electron chi connectivity index (χ0n) is 17.5. The second kappa shape index (κ2) is 8.92. The van der Waals surface area contributed by atoms with Crippen LogP contribution >= 0.6 is 0 Å². The number of nitro groups is 1. The van der Waals surface area contributed by atoms with Crippen molar-refractivity contribution in [1.82, 2.24) is 4.98 Å². The summed E-state index contributed by atoms with van der Waals surface area (Å²) in [6.45, 7) is 2.24. The number of para-hydroxylation sites is 1. The highest BCUT2D eigenvalue weighted by atomic mass is 16.6. The van der Waals surface area contributed by atoms with Crippen LogP contribution in [-0.2, 0) is 6.61 Å². The van der Waals surface area contributed by atoms with Gasteiger partial charge in [-0.15, -0.1) is 0 Å². The third-order valence-corrected chi connectivity index (χ3v) is 5.43. The van der Waals surface area contributed by atoms with E-state index in [1.165, 1.54) is 5.56 Å². The van der Waals surface area contributed by atoms with E-state index in [0.29, 0.717) is 18.1 Å². The average molecular weight is 416 g/mol. The molecule has 1 aromatic heterocycles. The summed E-state index contributed by atoms with van der Waals surface area (Å²) >= 11 is 0. The van der Waals surface area contributed by atoms with E-state index >= 15 is 0 Å². The number of ether oxygens (including phenoxy) is 2. The van der Waals surface area contributed by atoms with Crippen LogP contribution in [0.2, 0.25) is 0 Å². The van der Waals surface area contributed by atoms with Crippen LogP contribution in [0.5, 0.6) is 11.5 Å². The van der Waals surface area contributed by atoms with Crippen LogP contribution in [0.25, 0.3) is 10.9 Å². The molecule has 0 aliphatic heterocycles. The molecule has 158 valence electrons. The van der Waals surface area contributed by atoms with Crippen LogP contribution in [0.15, 0.2) is 72.9 Å². The first-order valence-electron chi connectivity index (χ1n) is 10.1. The van der Waals surface area contributed by atoms with Gasteiger partial charge in [0.05, 0.1) is 13.0 Å². The zero-order valence-corrected chi connectivity index (χ0v) is 17.5. The van der Waals surface area contributed by atoms with E-state index in [0.717, 1.165) is 27.6 Å². The predicted octanol–water partition coefficient (Wildman–Crippen LogP) is 5.47. The predicted molar refractivity (Wildman–Crippen MR) is 121 cm³/mol. The van der Waals surface area contributed by atoms with E-state index in [2.05, 4.69) is 4.98 Å². The highest BCUT2D eigenvalue weighted by Crippen LogP contribution is 2.36. The Morgan fingerprint density at radius 1 is 1.03 bits per heavy atom. The van der Waals surface area contributed by atoms with Crippen molar-refractivity contribution < 1.29 is 14.4 Å². The fourth-order valence-electron chi connectivity index (χ4n) is 3.78. The molecular weight excluding hydrogens is 392 g/mol. The maximum absolute atomic E-state index is 11.5. The van der Waals surface area contributed by atoms with Crippen LogP contribution < -0.4 is 9.47 Å². The Hall–Kier alpha value is -3.80. The van der Waals surface area contributed by atoms with Gasteiger partial charge >= 0.3 is 0 Å². The smallest absolute Gasteiger partial charge is 0.214 e. The number of nitrogens with one attached hydrogen (secondary N) is 1. The summed E-state index contributed by atoms with van der Waals surface area (Å²) in [4.78, 5) is 14.4. The van der Waals surface area contributed by atoms with Gasteiger partial charge in [0.25, 0.3) is 0 Å². The second-order valence-corrected chi connectivity index (χ2v) is 7.54. The molecule has 0 saturated carbocycles. The molecular formula is C25H24N2O4. The minimum atomic E-state index is -0.411. The molecule has 0 bridgehead atoms. The summed E-state index contributed by atoms with van der Waals surface area (Å²) in [6, 6.07) is 21.5. The van der Waals surface area contributed by atoms with E-state index in [4.69, 9.17) is 9.47 Å². The van der Waals surface area contributed by atoms with Crippen LogP contribution in [0, 0.1) is 17.0 Å². The first-order chi connectivity index (χ1) is 15.0. The maximum Gasteiger partial charge on any atom is 0.214 e. The summed E-state index contributed by atoms with van der Waals surface area (Å²) in [5.74, 6) is 0.745. The van der Waals surface area contributed by atoms with Crippen molar-refractivity contribution in [2.24, 2.45) is 0 Å². The van der Waals surface area contributed by atoms with Gasteiger partial charge in [-0.25, -0.2) is 0 Å². The van der Waals surface area contributed by atoms with Gasteiger partial charge in [0.2, 0.25) is 6.54 Å². The zero-order chi connectivity index (χ0) is 21.8. The molecule has 0 aliphatic carbocycles. The topological polar surface area (TPSA) is 77.4 Å².